The lowest BCUT2D eigenvalue weighted by Crippen LogP contribution is -2.48. The molecule has 1 aliphatic rings. The largest absolute Gasteiger partial charge is 0.394 e. The highest BCUT2D eigenvalue weighted by atomic mass is 16.3. The second-order valence-electron chi connectivity index (χ2n) is 4.78. The van der Waals surface area contributed by atoms with E-state index in [2.05, 4.69) is 31.1 Å². The van der Waals surface area contributed by atoms with Crippen LogP contribution in [0.4, 0.5) is 0 Å². The van der Waals surface area contributed by atoms with Crippen LogP contribution in [0.15, 0.2) is 0 Å². The maximum atomic E-state index is 9.37. The zero-order valence-corrected chi connectivity index (χ0v) is 9.71. The third kappa shape index (κ3) is 3.95. The molecule has 1 fully saturated rings. The molecule has 0 aromatic carbocycles. The number of hydrogen-bond acceptors (Lipinski definition) is 3. The number of nitrogens with zero attached hydrogens (tertiary/aromatic N) is 1. The standard InChI is InChI=1S/C11H24N2O/c1-4-13(3)8-7-11(2,9-14)12-10-5-6-10/h10,12,14H,4-9H2,1-3H3. The Hall–Kier alpha value is -0.120. The number of aliphatic hydroxyl groups is 1. The van der Waals surface area contributed by atoms with Crippen molar-refractivity contribution in [3.63, 3.8) is 0 Å². The molecule has 3 nitrogen and oxygen atoms in total. The molecule has 84 valence electrons. The summed E-state index contributed by atoms with van der Waals surface area (Å²) in [6.45, 7) is 6.64. The van der Waals surface area contributed by atoms with Gasteiger partial charge in [-0.1, -0.05) is 6.92 Å². The van der Waals surface area contributed by atoms with Crippen LogP contribution in [0.1, 0.15) is 33.1 Å². The molecule has 1 unspecified atom stereocenters. The van der Waals surface area contributed by atoms with E-state index in [0.29, 0.717) is 6.04 Å². The van der Waals surface area contributed by atoms with Gasteiger partial charge in [0.25, 0.3) is 0 Å². The first kappa shape index (κ1) is 12.0. The minimum Gasteiger partial charge on any atom is -0.394 e. The lowest BCUT2D eigenvalue weighted by atomic mass is 9.98. The van der Waals surface area contributed by atoms with E-state index in [1.165, 1.54) is 12.8 Å². The van der Waals surface area contributed by atoms with Crippen LogP contribution in [-0.4, -0.2) is 48.3 Å². The quantitative estimate of drug-likeness (QED) is 0.639. The molecule has 0 aliphatic heterocycles. The molecule has 0 aromatic rings. The van der Waals surface area contributed by atoms with Gasteiger partial charge in [-0.15, -0.1) is 0 Å². The molecule has 0 heterocycles. The van der Waals surface area contributed by atoms with Crippen molar-refractivity contribution in [2.24, 2.45) is 0 Å². The second kappa shape index (κ2) is 5.10. The van der Waals surface area contributed by atoms with Crippen molar-refractivity contribution in [2.75, 3.05) is 26.7 Å². The van der Waals surface area contributed by atoms with Crippen LogP contribution in [-0.2, 0) is 0 Å². The molecule has 3 heteroatoms. The van der Waals surface area contributed by atoms with Gasteiger partial charge in [-0.25, -0.2) is 0 Å². The zero-order valence-electron chi connectivity index (χ0n) is 9.71. The molecular formula is C11H24N2O. The molecule has 0 saturated heterocycles. The Morgan fingerprint density at radius 1 is 1.50 bits per heavy atom. The first-order chi connectivity index (χ1) is 6.59. The fraction of sp³-hybridized carbons (Fsp3) is 1.00. The van der Waals surface area contributed by atoms with Crippen molar-refractivity contribution in [3.05, 3.63) is 0 Å². The Balaban J connectivity index is 2.27. The van der Waals surface area contributed by atoms with Gasteiger partial charge in [-0.3, -0.25) is 0 Å². The normalized spacial score (nSPS) is 21.2. The first-order valence-corrected chi connectivity index (χ1v) is 5.67. The second-order valence-corrected chi connectivity index (χ2v) is 4.78. The Kier molecular flexibility index (Phi) is 4.35. The van der Waals surface area contributed by atoms with Crippen molar-refractivity contribution in [1.82, 2.24) is 10.2 Å². The summed E-state index contributed by atoms with van der Waals surface area (Å²) in [6.07, 6.45) is 3.57. The van der Waals surface area contributed by atoms with Crippen LogP contribution >= 0.6 is 0 Å². The number of nitrogens with one attached hydrogen (secondary N) is 1. The monoisotopic (exact) mass is 200 g/mol. The summed E-state index contributed by atoms with van der Waals surface area (Å²) < 4.78 is 0. The van der Waals surface area contributed by atoms with E-state index in [0.717, 1.165) is 19.5 Å². The SMILES string of the molecule is CCN(C)CCC(C)(CO)NC1CC1. The van der Waals surface area contributed by atoms with Crippen molar-refractivity contribution in [2.45, 2.75) is 44.7 Å². The molecule has 2 N–H and O–H groups in total. The van der Waals surface area contributed by atoms with Crippen LogP contribution in [0.2, 0.25) is 0 Å². The van der Waals surface area contributed by atoms with Gasteiger partial charge in [0.1, 0.15) is 0 Å². The minimum atomic E-state index is -0.0788. The zero-order chi connectivity index (χ0) is 10.6. The smallest absolute Gasteiger partial charge is 0.0611 e. The van der Waals surface area contributed by atoms with Gasteiger partial charge in [0, 0.05) is 11.6 Å². The highest BCUT2D eigenvalue weighted by Crippen LogP contribution is 2.23. The van der Waals surface area contributed by atoms with Gasteiger partial charge in [-0.2, -0.15) is 0 Å². The van der Waals surface area contributed by atoms with E-state index in [1.54, 1.807) is 0 Å². The predicted octanol–water partition coefficient (Wildman–Crippen LogP) is 0.831. The third-order valence-electron chi connectivity index (χ3n) is 3.06. The predicted molar refractivity (Wildman–Crippen MR) is 59.4 cm³/mol. The average molecular weight is 200 g/mol. The van der Waals surface area contributed by atoms with Crippen molar-refractivity contribution >= 4 is 0 Å². The highest BCUT2D eigenvalue weighted by molar-refractivity contribution is 4.92. The molecule has 0 bridgehead atoms. The van der Waals surface area contributed by atoms with Crippen LogP contribution in [0.25, 0.3) is 0 Å². The minimum absolute atomic E-state index is 0.0788. The van der Waals surface area contributed by atoms with Crippen LogP contribution in [0.3, 0.4) is 0 Å². The van der Waals surface area contributed by atoms with Gasteiger partial charge in [0.05, 0.1) is 6.61 Å². The van der Waals surface area contributed by atoms with E-state index in [4.69, 9.17) is 0 Å². The Labute approximate surface area is 87.5 Å². The fourth-order valence-electron chi connectivity index (χ4n) is 1.51. The molecule has 14 heavy (non-hydrogen) atoms. The van der Waals surface area contributed by atoms with Gasteiger partial charge in [0.2, 0.25) is 0 Å². The van der Waals surface area contributed by atoms with Gasteiger partial charge >= 0.3 is 0 Å². The summed E-state index contributed by atoms with van der Waals surface area (Å²) in [5.41, 5.74) is -0.0788. The number of hydrogen-bond donors (Lipinski definition) is 2. The van der Waals surface area contributed by atoms with Crippen LogP contribution in [0, 0.1) is 0 Å². The van der Waals surface area contributed by atoms with Crippen molar-refractivity contribution < 1.29 is 5.11 Å². The summed E-state index contributed by atoms with van der Waals surface area (Å²) in [7, 11) is 2.12. The van der Waals surface area contributed by atoms with Crippen molar-refractivity contribution in [1.29, 1.82) is 0 Å². The maximum Gasteiger partial charge on any atom is 0.0611 e. The van der Waals surface area contributed by atoms with Gasteiger partial charge < -0.3 is 15.3 Å². The molecule has 1 saturated carbocycles. The average Bonchev–Trinajstić information content (AvgIpc) is 2.98. The molecule has 1 aliphatic carbocycles. The van der Waals surface area contributed by atoms with Gasteiger partial charge in [-0.05, 0) is 46.3 Å². The molecule has 1 rings (SSSR count). The van der Waals surface area contributed by atoms with E-state index in [9.17, 15) is 5.11 Å². The topological polar surface area (TPSA) is 35.5 Å². The molecule has 0 radical (unpaired) electrons. The van der Waals surface area contributed by atoms with Gasteiger partial charge in [0.15, 0.2) is 0 Å². The summed E-state index contributed by atoms with van der Waals surface area (Å²) in [6, 6.07) is 0.666. The lowest BCUT2D eigenvalue weighted by Gasteiger charge is -2.30. The summed E-state index contributed by atoms with van der Waals surface area (Å²) >= 11 is 0. The van der Waals surface area contributed by atoms with Crippen molar-refractivity contribution in [3.8, 4) is 0 Å². The van der Waals surface area contributed by atoms with E-state index < -0.39 is 0 Å². The van der Waals surface area contributed by atoms with E-state index >= 15 is 0 Å². The first-order valence-electron chi connectivity index (χ1n) is 5.67. The Bertz CT molecular complexity index is 171. The van der Waals surface area contributed by atoms with E-state index in [1.807, 2.05) is 0 Å². The van der Waals surface area contributed by atoms with E-state index in [-0.39, 0.29) is 12.1 Å². The molecule has 0 amide bonds. The molecule has 0 spiro atoms. The third-order valence-corrected chi connectivity index (χ3v) is 3.06. The molecular weight excluding hydrogens is 176 g/mol. The Morgan fingerprint density at radius 2 is 2.14 bits per heavy atom. The highest BCUT2D eigenvalue weighted by Gasteiger charge is 2.31. The van der Waals surface area contributed by atoms with Crippen LogP contribution < -0.4 is 5.32 Å². The number of aliphatic hydroxyl groups excluding tert-OH is 1. The summed E-state index contributed by atoms with van der Waals surface area (Å²) in [5, 5.41) is 12.9. The molecule has 1 atom stereocenters. The molecule has 0 aromatic heterocycles. The lowest BCUT2D eigenvalue weighted by molar-refractivity contribution is 0.150. The maximum absolute atomic E-state index is 9.37. The summed E-state index contributed by atoms with van der Waals surface area (Å²) in [4.78, 5) is 2.28. The Morgan fingerprint density at radius 3 is 2.57 bits per heavy atom. The number of rotatable bonds is 7. The fourth-order valence-corrected chi connectivity index (χ4v) is 1.51. The van der Waals surface area contributed by atoms with Crippen LogP contribution in [0.5, 0.6) is 0 Å². The summed E-state index contributed by atoms with van der Waals surface area (Å²) in [5.74, 6) is 0.